The Bertz CT molecular complexity index is 474. The van der Waals surface area contributed by atoms with Gasteiger partial charge < -0.3 is 14.7 Å². The number of amides is 1. The number of ether oxygens (including phenoxy) is 1. The summed E-state index contributed by atoms with van der Waals surface area (Å²) in [5.74, 6) is -1.01. The number of aliphatic carboxylic acids is 1. The van der Waals surface area contributed by atoms with Gasteiger partial charge in [-0.1, -0.05) is 0 Å². The van der Waals surface area contributed by atoms with Gasteiger partial charge in [0, 0.05) is 19.0 Å². The summed E-state index contributed by atoms with van der Waals surface area (Å²) in [7, 11) is 1.50. The lowest BCUT2D eigenvalue weighted by Gasteiger charge is -2.30. The molecule has 0 aromatic carbocycles. The lowest BCUT2D eigenvalue weighted by atomic mass is 9.97. The van der Waals surface area contributed by atoms with Gasteiger partial charge in [-0.05, 0) is 12.5 Å². The van der Waals surface area contributed by atoms with Gasteiger partial charge in [0.2, 0.25) is 11.8 Å². The minimum absolute atomic E-state index is 0.0462. The summed E-state index contributed by atoms with van der Waals surface area (Å²) in [6, 6.07) is 3.37. The molecule has 2 rings (SSSR count). The predicted octanol–water partition coefficient (Wildman–Crippen LogP) is 0.308. The highest BCUT2D eigenvalue weighted by Crippen LogP contribution is 2.19. The number of nitrogens with zero attached hydrogens (tertiary/aromatic N) is 3. The van der Waals surface area contributed by atoms with Crippen LogP contribution in [0.15, 0.2) is 12.1 Å². The Kier molecular flexibility index (Phi) is 3.94. The molecule has 1 aliphatic heterocycles. The maximum absolute atomic E-state index is 11.8. The van der Waals surface area contributed by atoms with Crippen molar-refractivity contribution in [1.82, 2.24) is 15.1 Å². The monoisotopic (exact) mass is 265 g/mol. The van der Waals surface area contributed by atoms with Crippen molar-refractivity contribution in [1.29, 1.82) is 0 Å². The molecule has 102 valence electrons. The zero-order chi connectivity index (χ0) is 13.8. The van der Waals surface area contributed by atoms with E-state index < -0.39 is 11.9 Å². The van der Waals surface area contributed by atoms with Gasteiger partial charge >= 0.3 is 5.97 Å². The fourth-order valence-electron chi connectivity index (χ4n) is 2.01. The first-order valence-electron chi connectivity index (χ1n) is 5.97. The van der Waals surface area contributed by atoms with E-state index in [1.165, 1.54) is 12.0 Å². The summed E-state index contributed by atoms with van der Waals surface area (Å²) in [5.41, 5.74) is 0.611. The van der Waals surface area contributed by atoms with Crippen molar-refractivity contribution in [3.8, 4) is 5.88 Å². The first kappa shape index (κ1) is 13.3. The molecule has 7 nitrogen and oxygen atoms in total. The van der Waals surface area contributed by atoms with Crippen molar-refractivity contribution in [2.45, 2.75) is 19.4 Å². The van der Waals surface area contributed by atoms with Gasteiger partial charge in [0.1, 0.15) is 0 Å². The van der Waals surface area contributed by atoms with E-state index in [0.29, 0.717) is 18.0 Å². The molecule has 2 heterocycles. The number of carboxylic acids is 1. The normalized spacial score (nSPS) is 19.3. The number of rotatable bonds is 4. The number of hydrogen-bond donors (Lipinski definition) is 1. The molecule has 1 atom stereocenters. The maximum Gasteiger partial charge on any atom is 0.308 e. The molecule has 0 bridgehead atoms. The number of methoxy groups -OCH3 is 1. The van der Waals surface area contributed by atoms with E-state index in [1.807, 2.05) is 0 Å². The quantitative estimate of drug-likeness (QED) is 0.842. The molecule has 1 amide bonds. The average Bonchev–Trinajstić information content (AvgIpc) is 2.42. The summed E-state index contributed by atoms with van der Waals surface area (Å²) >= 11 is 0. The Labute approximate surface area is 110 Å². The molecule has 1 aliphatic rings. The van der Waals surface area contributed by atoms with Gasteiger partial charge in [0.25, 0.3) is 0 Å². The Morgan fingerprint density at radius 2 is 2.32 bits per heavy atom. The van der Waals surface area contributed by atoms with Crippen LogP contribution in [0, 0.1) is 5.92 Å². The van der Waals surface area contributed by atoms with E-state index in [9.17, 15) is 9.59 Å². The second-order valence-corrected chi connectivity index (χ2v) is 4.42. The minimum Gasteiger partial charge on any atom is -0.481 e. The Morgan fingerprint density at radius 1 is 1.53 bits per heavy atom. The van der Waals surface area contributed by atoms with Crippen LogP contribution in [-0.2, 0) is 16.1 Å². The summed E-state index contributed by atoms with van der Waals surface area (Å²) in [4.78, 5) is 24.2. The van der Waals surface area contributed by atoms with Gasteiger partial charge in [-0.2, -0.15) is 5.10 Å². The summed E-state index contributed by atoms with van der Waals surface area (Å²) in [6.45, 7) is 0.501. The Balaban J connectivity index is 2.03. The smallest absolute Gasteiger partial charge is 0.308 e. The molecule has 1 unspecified atom stereocenters. The average molecular weight is 265 g/mol. The van der Waals surface area contributed by atoms with Gasteiger partial charge in [0.05, 0.1) is 25.3 Å². The highest BCUT2D eigenvalue weighted by Gasteiger charge is 2.30. The molecule has 0 spiro atoms. The predicted molar refractivity (Wildman–Crippen MR) is 64.4 cm³/mol. The maximum atomic E-state index is 11.8. The Hall–Kier alpha value is -2.18. The molecule has 19 heavy (non-hydrogen) atoms. The molecule has 0 saturated carbocycles. The zero-order valence-electron chi connectivity index (χ0n) is 10.6. The molecule has 1 aromatic heterocycles. The molecule has 7 heteroatoms. The van der Waals surface area contributed by atoms with Gasteiger partial charge in [-0.25, -0.2) is 0 Å². The van der Waals surface area contributed by atoms with Gasteiger partial charge in [-0.3, -0.25) is 9.59 Å². The highest BCUT2D eigenvalue weighted by molar-refractivity contribution is 5.80. The molecular weight excluding hydrogens is 250 g/mol. The van der Waals surface area contributed by atoms with E-state index in [0.717, 1.165) is 0 Å². The lowest BCUT2D eigenvalue weighted by Crippen LogP contribution is -2.42. The summed E-state index contributed by atoms with van der Waals surface area (Å²) in [5, 5.41) is 16.7. The third-order valence-electron chi connectivity index (χ3n) is 3.11. The van der Waals surface area contributed by atoms with Crippen LogP contribution >= 0.6 is 0 Å². The van der Waals surface area contributed by atoms with E-state index in [2.05, 4.69) is 10.2 Å². The molecule has 0 aliphatic carbocycles. The first-order valence-corrected chi connectivity index (χ1v) is 5.97. The molecule has 1 N–H and O–H groups in total. The number of carboxylic acid groups (broad SMARTS) is 1. The molecular formula is C12H15N3O4. The minimum atomic E-state index is -0.863. The van der Waals surface area contributed by atoms with Crippen LogP contribution in [0.5, 0.6) is 5.88 Å². The van der Waals surface area contributed by atoms with E-state index in [-0.39, 0.29) is 25.4 Å². The first-order chi connectivity index (χ1) is 9.10. The zero-order valence-corrected chi connectivity index (χ0v) is 10.6. The largest absolute Gasteiger partial charge is 0.481 e. The fourth-order valence-corrected chi connectivity index (χ4v) is 2.01. The fraction of sp³-hybridized carbons (Fsp3) is 0.500. The van der Waals surface area contributed by atoms with Crippen LogP contribution in [0.1, 0.15) is 18.5 Å². The van der Waals surface area contributed by atoms with Crippen molar-refractivity contribution in [3.63, 3.8) is 0 Å². The van der Waals surface area contributed by atoms with Crippen LogP contribution in [0.3, 0.4) is 0 Å². The van der Waals surface area contributed by atoms with Crippen molar-refractivity contribution in [3.05, 3.63) is 17.8 Å². The number of piperidine rings is 1. The van der Waals surface area contributed by atoms with E-state index in [4.69, 9.17) is 9.84 Å². The van der Waals surface area contributed by atoms with Gasteiger partial charge in [-0.15, -0.1) is 5.10 Å². The summed E-state index contributed by atoms with van der Waals surface area (Å²) < 4.78 is 4.90. The van der Waals surface area contributed by atoms with Crippen molar-refractivity contribution < 1.29 is 19.4 Å². The van der Waals surface area contributed by atoms with E-state index in [1.54, 1.807) is 12.1 Å². The van der Waals surface area contributed by atoms with Crippen molar-refractivity contribution >= 4 is 11.9 Å². The molecule has 1 saturated heterocycles. The van der Waals surface area contributed by atoms with Crippen LogP contribution in [-0.4, -0.2) is 45.7 Å². The summed E-state index contributed by atoms with van der Waals surface area (Å²) in [6.07, 6.45) is 0.666. The Morgan fingerprint density at radius 3 is 2.89 bits per heavy atom. The third-order valence-corrected chi connectivity index (χ3v) is 3.11. The SMILES string of the molecule is COc1ccc(CN2CC(C(=O)O)CCC2=O)nn1. The molecule has 0 radical (unpaired) electrons. The number of carbonyl (C=O) groups excluding carboxylic acids is 1. The second kappa shape index (κ2) is 5.64. The molecule has 1 fully saturated rings. The highest BCUT2D eigenvalue weighted by atomic mass is 16.5. The van der Waals surface area contributed by atoms with Crippen LogP contribution in [0.25, 0.3) is 0 Å². The third kappa shape index (κ3) is 3.18. The topological polar surface area (TPSA) is 92.6 Å². The number of carbonyl (C=O) groups is 2. The van der Waals surface area contributed by atoms with Crippen molar-refractivity contribution in [2.75, 3.05) is 13.7 Å². The van der Waals surface area contributed by atoms with E-state index >= 15 is 0 Å². The van der Waals surface area contributed by atoms with Crippen LogP contribution in [0.2, 0.25) is 0 Å². The van der Waals surface area contributed by atoms with Crippen LogP contribution in [0.4, 0.5) is 0 Å². The number of likely N-dealkylation sites (tertiary alicyclic amines) is 1. The van der Waals surface area contributed by atoms with Gasteiger partial charge in [0.15, 0.2) is 0 Å². The molecule has 1 aromatic rings. The number of aromatic nitrogens is 2. The second-order valence-electron chi connectivity index (χ2n) is 4.42. The standard InChI is InChI=1S/C12H15N3O4/c1-19-10-4-3-9(13-14-10)7-15-6-8(12(17)18)2-5-11(15)16/h3-4,8H,2,5-7H2,1H3,(H,17,18). The number of hydrogen-bond acceptors (Lipinski definition) is 5. The van der Waals surface area contributed by atoms with Crippen LogP contribution < -0.4 is 4.74 Å². The lowest BCUT2D eigenvalue weighted by molar-refractivity contribution is -0.147. The van der Waals surface area contributed by atoms with Crippen molar-refractivity contribution in [2.24, 2.45) is 5.92 Å².